The van der Waals surface area contributed by atoms with Crippen LogP contribution in [0.15, 0.2) is 0 Å². The zero-order chi connectivity index (χ0) is 14.3. The smallest absolute Gasteiger partial charge is 0.0213 e. The molecule has 0 saturated carbocycles. The van der Waals surface area contributed by atoms with Gasteiger partial charge in [-0.3, -0.25) is 11.3 Å². The van der Waals surface area contributed by atoms with Gasteiger partial charge in [0.2, 0.25) is 0 Å². The maximum absolute atomic E-state index is 5.63. The zero-order valence-electron chi connectivity index (χ0n) is 13.7. The summed E-state index contributed by atoms with van der Waals surface area (Å²) in [4.78, 5) is 0. The molecule has 0 bridgehead atoms. The minimum Gasteiger partial charge on any atom is -0.271 e. The fourth-order valence-electron chi connectivity index (χ4n) is 2.62. The topological polar surface area (TPSA) is 38.0 Å². The van der Waals surface area contributed by atoms with Crippen LogP contribution in [0.4, 0.5) is 0 Å². The lowest BCUT2D eigenvalue weighted by Gasteiger charge is -2.19. The molecule has 0 aliphatic rings. The van der Waals surface area contributed by atoms with Crippen LogP contribution in [0, 0.1) is 5.92 Å². The van der Waals surface area contributed by atoms with Gasteiger partial charge in [-0.15, -0.1) is 0 Å². The quantitative estimate of drug-likeness (QED) is 0.259. The fraction of sp³-hybridized carbons (Fsp3) is 1.00. The van der Waals surface area contributed by atoms with Gasteiger partial charge in [0.15, 0.2) is 0 Å². The normalized spacial score (nSPS) is 14.5. The number of hydrogen-bond donors (Lipinski definition) is 2. The van der Waals surface area contributed by atoms with Crippen LogP contribution in [0.2, 0.25) is 0 Å². The van der Waals surface area contributed by atoms with E-state index in [0.717, 1.165) is 5.92 Å². The van der Waals surface area contributed by atoms with Crippen molar-refractivity contribution < 1.29 is 0 Å². The van der Waals surface area contributed by atoms with Crippen LogP contribution in [0.1, 0.15) is 97.8 Å². The number of nitrogens with one attached hydrogen (secondary N) is 1. The van der Waals surface area contributed by atoms with Crippen molar-refractivity contribution in [1.29, 1.82) is 0 Å². The van der Waals surface area contributed by atoms with Crippen molar-refractivity contribution in [1.82, 2.24) is 5.43 Å². The molecule has 0 saturated heterocycles. The molecule has 0 aromatic rings. The predicted molar refractivity (Wildman–Crippen MR) is 87.0 cm³/mol. The lowest BCUT2D eigenvalue weighted by atomic mass is 9.95. The first kappa shape index (κ1) is 18.9. The Hall–Kier alpha value is -0.0800. The zero-order valence-corrected chi connectivity index (χ0v) is 13.7. The first-order valence-electron chi connectivity index (χ1n) is 8.70. The average Bonchev–Trinajstić information content (AvgIpc) is 2.43. The summed E-state index contributed by atoms with van der Waals surface area (Å²) in [7, 11) is 0. The van der Waals surface area contributed by atoms with Crippen molar-refractivity contribution in [2.45, 2.75) is 104 Å². The van der Waals surface area contributed by atoms with E-state index in [1.165, 1.54) is 77.0 Å². The predicted octanol–water partition coefficient (Wildman–Crippen LogP) is 5.18. The SMILES string of the molecule is CCCCCCCCCCCC(CC(C)CC)NN. The van der Waals surface area contributed by atoms with E-state index in [9.17, 15) is 0 Å². The minimum atomic E-state index is 0.527. The van der Waals surface area contributed by atoms with Gasteiger partial charge in [-0.1, -0.05) is 85.0 Å². The molecule has 0 fully saturated rings. The summed E-state index contributed by atoms with van der Waals surface area (Å²) in [5.74, 6) is 6.43. The Morgan fingerprint density at radius 2 is 1.37 bits per heavy atom. The molecule has 2 unspecified atom stereocenters. The van der Waals surface area contributed by atoms with Crippen molar-refractivity contribution in [2.75, 3.05) is 0 Å². The highest BCUT2D eigenvalue weighted by atomic mass is 15.2. The van der Waals surface area contributed by atoms with Crippen molar-refractivity contribution in [2.24, 2.45) is 11.8 Å². The number of rotatable bonds is 14. The van der Waals surface area contributed by atoms with Crippen LogP contribution in [0.5, 0.6) is 0 Å². The molecule has 0 aromatic heterocycles. The molecule has 0 aromatic carbocycles. The van der Waals surface area contributed by atoms with Gasteiger partial charge in [-0.25, -0.2) is 0 Å². The van der Waals surface area contributed by atoms with Gasteiger partial charge < -0.3 is 0 Å². The third-order valence-corrected chi connectivity index (χ3v) is 4.28. The molecule has 0 rings (SSSR count). The third-order valence-electron chi connectivity index (χ3n) is 4.28. The van der Waals surface area contributed by atoms with E-state index in [2.05, 4.69) is 26.2 Å². The van der Waals surface area contributed by atoms with Gasteiger partial charge in [0.05, 0.1) is 0 Å². The Balaban J connectivity index is 3.31. The molecule has 0 radical (unpaired) electrons. The van der Waals surface area contributed by atoms with Crippen LogP contribution in [0.3, 0.4) is 0 Å². The van der Waals surface area contributed by atoms with Crippen molar-refractivity contribution in [3.63, 3.8) is 0 Å². The third kappa shape index (κ3) is 12.7. The molecule has 0 aliphatic carbocycles. The molecule has 116 valence electrons. The monoisotopic (exact) mass is 270 g/mol. The van der Waals surface area contributed by atoms with Gasteiger partial charge in [0.1, 0.15) is 0 Å². The van der Waals surface area contributed by atoms with E-state index in [4.69, 9.17) is 5.84 Å². The van der Waals surface area contributed by atoms with Crippen LogP contribution in [-0.2, 0) is 0 Å². The molecule has 0 heterocycles. The van der Waals surface area contributed by atoms with Gasteiger partial charge in [0.25, 0.3) is 0 Å². The first-order valence-corrected chi connectivity index (χ1v) is 8.70. The summed E-state index contributed by atoms with van der Waals surface area (Å²) in [6.45, 7) is 6.86. The summed E-state index contributed by atoms with van der Waals surface area (Å²) >= 11 is 0. The van der Waals surface area contributed by atoms with Gasteiger partial charge >= 0.3 is 0 Å². The Morgan fingerprint density at radius 3 is 1.84 bits per heavy atom. The maximum atomic E-state index is 5.63. The molecule has 2 nitrogen and oxygen atoms in total. The number of unbranched alkanes of at least 4 members (excludes halogenated alkanes) is 8. The maximum Gasteiger partial charge on any atom is 0.0213 e. The molecule has 19 heavy (non-hydrogen) atoms. The second-order valence-corrected chi connectivity index (χ2v) is 6.23. The van der Waals surface area contributed by atoms with E-state index in [0.29, 0.717) is 6.04 Å². The molecule has 2 atom stereocenters. The molecule has 2 heteroatoms. The number of hydrogen-bond acceptors (Lipinski definition) is 2. The number of hydrazine groups is 1. The standard InChI is InChI=1S/C17H38N2/c1-4-6-7-8-9-10-11-12-13-14-17(19-18)15-16(3)5-2/h16-17,19H,4-15,18H2,1-3H3. The lowest BCUT2D eigenvalue weighted by Crippen LogP contribution is -2.36. The molecule has 3 N–H and O–H groups in total. The van der Waals surface area contributed by atoms with Crippen molar-refractivity contribution >= 4 is 0 Å². The van der Waals surface area contributed by atoms with Crippen LogP contribution < -0.4 is 11.3 Å². The Kier molecular flexibility index (Phi) is 14.3. The Morgan fingerprint density at radius 1 is 0.842 bits per heavy atom. The first-order chi connectivity index (χ1) is 9.24. The molecule has 0 aliphatic heterocycles. The van der Waals surface area contributed by atoms with E-state index >= 15 is 0 Å². The van der Waals surface area contributed by atoms with E-state index in [1.807, 2.05) is 0 Å². The van der Waals surface area contributed by atoms with Gasteiger partial charge in [-0.05, 0) is 18.8 Å². The average molecular weight is 271 g/mol. The van der Waals surface area contributed by atoms with Crippen molar-refractivity contribution in [3.05, 3.63) is 0 Å². The summed E-state index contributed by atoms with van der Waals surface area (Å²) in [6, 6.07) is 0.527. The summed E-state index contributed by atoms with van der Waals surface area (Å²) in [5, 5.41) is 0. The highest BCUT2D eigenvalue weighted by molar-refractivity contribution is 4.67. The van der Waals surface area contributed by atoms with Crippen LogP contribution in [-0.4, -0.2) is 6.04 Å². The number of nitrogens with two attached hydrogens (primary N) is 1. The molecular formula is C17H38N2. The highest BCUT2D eigenvalue weighted by Crippen LogP contribution is 2.15. The van der Waals surface area contributed by atoms with Gasteiger partial charge in [0, 0.05) is 6.04 Å². The molecular weight excluding hydrogens is 232 g/mol. The highest BCUT2D eigenvalue weighted by Gasteiger charge is 2.09. The second kappa shape index (κ2) is 14.3. The van der Waals surface area contributed by atoms with E-state index in [1.54, 1.807) is 0 Å². The second-order valence-electron chi connectivity index (χ2n) is 6.23. The van der Waals surface area contributed by atoms with Crippen LogP contribution >= 0.6 is 0 Å². The van der Waals surface area contributed by atoms with Gasteiger partial charge in [-0.2, -0.15) is 0 Å². The van der Waals surface area contributed by atoms with Crippen molar-refractivity contribution in [3.8, 4) is 0 Å². The fourth-order valence-corrected chi connectivity index (χ4v) is 2.62. The Bertz CT molecular complexity index is 171. The Labute approximate surface area is 121 Å². The van der Waals surface area contributed by atoms with E-state index < -0.39 is 0 Å². The summed E-state index contributed by atoms with van der Waals surface area (Å²) in [5.41, 5.74) is 2.99. The summed E-state index contributed by atoms with van der Waals surface area (Å²) in [6.07, 6.45) is 16.4. The minimum absolute atomic E-state index is 0.527. The lowest BCUT2D eigenvalue weighted by molar-refractivity contribution is 0.370. The molecule has 0 spiro atoms. The van der Waals surface area contributed by atoms with E-state index in [-0.39, 0.29) is 0 Å². The summed E-state index contributed by atoms with van der Waals surface area (Å²) < 4.78 is 0. The largest absolute Gasteiger partial charge is 0.271 e. The van der Waals surface area contributed by atoms with Crippen LogP contribution in [0.25, 0.3) is 0 Å². The molecule has 0 amide bonds.